The second-order valence-corrected chi connectivity index (χ2v) is 7.56. The van der Waals surface area contributed by atoms with E-state index >= 15 is 0 Å². The van der Waals surface area contributed by atoms with Crippen LogP contribution in [-0.2, 0) is 23.0 Å². The molecule has 0 saturated carbocycles. The first-order chi connectivity index (χ1) is 10.4. The fourth-order valence-electron chi connectivity index (χ4n) is 2.57. The molecule has 2 aromatic heterocycles. The monoisotopic (exact) mass is 335 g/mol. The SMILES string of the molecule is N#Cc1c(N)sc2c1CCN(c1ncccc1S(N)(=O)=O)C2. The van der Waals surface area contributed by atoms with E-state index in [9.17, 15) is 8.42 Å². The van der Waals surface area contributed by atoms with E-state index in [1.807, 2.05) is 4.90 Å². The Morgan fingerprint density at radius 1 is 1.45 bits per heavy atom. The Kier molecular flexibility index (Phi) is 3.52. The lowest BCUT2D eigenvalue weighted by Gasteiger charge is -2.29. The van der Waals surface area contributed by atoms with Crippen molar-refractivity contribution >= 4 is 32.2 Å². The summed E-state index contributed by atoms with van der Waals surface area (Å²) >= 11 is 1.36. The van der Waals surface area contributed by atoms with Crippen LogP contribution >= 0.6 is 11.3 Å². The number of nitrogens with two attached hydrogens (primary N) is 2. The highest BCUT2D eigenvalue weighted by atomic mass is 32.2. The molecule has 0 unspecified atom stereocenters. The molecule has 0 saturated heterocycles. The minimum absolute atomic E-state index is 0.00323. The largest absolute Gasteiger partial charge is 0.389 e. The minimum Gasteiger partial charge on any atom is -0.389 e. The second kappa shape index (κ2) is 5.24. The van der Waals surface area contributed by atoms with E-state index in [0.29, 0.717) is 35.9 Å². The summed E-state index contributed by atoms with van der Waals surface area (Å²) < 4.78 is 23.4. The van der Waals surface area contributed by atoms with Crippen molar-refractivity contribution in [3.63, 3.8) is 0 Å². The highest BCUT2D eigenvalue weighted by molar-refractivity contribution is 7.89. The topological polar surface area (TPSA) is 126 Å². The number of rotatable bonds is 2. The molecule has 0 amide bonds. The van der Waals surface area contributed by atoms with E-state index in [4.69, 9.17) is 16.1 Å². The van der Waals surface area contributed by atoms with Crippen LogP contribution in [0.3, 0.4) is 0 Å². The van der Waals surface area contributed by atoms with Gasteiger partial charge in [0.25, 0.3) is 0 Å². The van der Waals surface area contributed by atoms with Crippen LogP contribution in [0.15, 0.2) is 23.2 Å². The van der Waals surface area contributed by atoms with Crippen LogP contribution in [0, 0.1) is 11.3 Å². The molecule has 0 aliphatic carbocycles. The summed E-state index contributed by atoms with van der Waals surface area (Å²) in [6.07, 6.45) is 2.15. The number of thiophene rings is 1. The van der Waals surface area contributed by atoms with Crippen LogP contribution in [-0.4, -0.2) is 19.9 Å². The number of nitrogens with zero attached hydrogens (tertiary/aromatic N) is 3. The Morgan fingerprint density at radius 2 is 2.23 bits per heavy atom. The third-order valence-corrected chi connectivity index (χ3v) is 5.53. The molecule has 0 bridgehead atoms. The van der Waals surface area contributed by atoms with Crippen molar-refractivity contribution in [3.05, 3.63) is 34.3 Å². The Bertz CT molecular complexity index is 882. The zero-order valence-corrected chi connectivity index (χ0v) is 13.1. The number of nitriles is 1. The lowest BCUT2D eigenvalue weighted by atomic mass is 10.0. The summed E-state index contributed by atoms with van der Waals surface area (Å²) in [7, 11) is -3.85. The summed E-state index contributed by atoms with van der Waals surface area (Å²) in [5, 5.41) is 14.9. The molecule has 114 valence electrons. The minimum atomic E-state index is -3.85. The van der Waals surface area contributed by atoms with E-state index in [1.165, 1.54) is 29.7 Å². The van der Waals surface area contributed by atoms with Gasteiger partial charge in [-0.3, -0.25) is 0 Å². The highest BCUT2D eigenvalue weighted by Gasteiger charge is 2.27. The first-order valence-electron chi connectivity index (χ1n) is 6.44. The Labute approximate surface area is 131 Å². The van der Waals surface area contributed by atoms with Gasteiger partial charge in [0.05, 0.1) is 12.1 Å². The molecule has 4 N–H and O–H groups in total. The molecule has 0 radical (unpaired) electrons. The van der Waals surface area contributed by atoms with Gasteiger partial charge in [-0.1, -0.05) is 0 Å². The van der Waals surface area contributed by atoms with Crippen molar-refractivity contribution in [1.29, 1.82) is 5.26 Å². The van der Waals surface area contributed by atoms with Crippen LogP contribution in [0.25, 0.3) is 0 Å². The van der Waals surface area contributed by atoms with Gasteiger partial charge in [0.15, 0.2) is 0 Å². The Hall–Kier alpha value is -2.15. The maximum Gasteiger partial charge on any atom is 0.241 e. The summed E-state index contributed by atoms with van der Waals surface area (Å²) in [6, 6.07) is 5.11. The summed E-state index contributed by atoms with van der Waals surface area (Å²) in [4.78, 5) is 6.98. The zero-order chi connectivity index (χ0) is 15.9. The number of aromatic nitrogens is 1. The third kappa shape index (κ3) is 2.41. The van der Waals surface area contributed by atoms with Gasteiger partial charge in [0.2, 0.25) is 10.0 Å². The fourth-order valence-corrected chi connectivity index (χ4v) is 4.36. The molecule has 9 heteroatoms. The maximum atomic E-state index is 11.7. The lowest BCUT2D eigenvalue weighted by Crippen LogP contribution is -2.32. The van der Waals surface area contributed by atoms with Crippen LogP contribution in [0.4, 0.5) is 10.8 Å². The molecular weight excluding hydrogens is 322 g/mol. The maximum absolute atomic E-state index is 11.7. The molecule has 0 fully saturated rings. The number of nitrogen functional groups attached to an aromatic ring is 1. The Balaban J connectivity index is 2.02. The predicted molar refractivity (Wildman–Crippen MR) is 83.8 cm³/mol. The van der Waals surface area contributed by atoms with E-state index < -0.39 is 10.0 Å². The first-order valence-corrected chi connectivity index (χ1v) is 8.81. The van der Waals surface area contributed by atoms with E-state index in [1.54, 1.807) is 0 Å². The molecule has 1 aliphatic heterocycles. The van der Waals surface area contributed by atoms with Gasteiger partial charge in [-0.15, -0.1) is 11.3 Å². The molecule has 1 aliphatic rings. The van der Waals surface area contributed by atoms with Gasteiger partial charge in [0.1, 0.15) is 21.8 Å². The van der Waals surface area contributed by atoms with Gasteiger partial charge in [0, 0.05) is 17.6 Å². The van der Waals surface area contributed by atoms with Crippen LogP contribution < -0.4 is 15.8 Å². The molecule has 0 atom stereocenters. The molecular formula is C13H13N5O2S2. The summed E-state index contributed by atoms with van der Waals surface area (Å²) in [5.41, 5.74) is 7.35. The summed E-state index contributed by atoms with van der Waals surface area (Å²) in [5.74, 6) is 0.334. The quantitative estimate of drug-likeness (QED) is 0.836. The normalized spacial score (nSPS) is 14.5. The number of hydrogen-bond acceptors (Lipinski definition) is 7. The van der Waals surface area contributed by atoms with Gasteiger partial charge >= 0.3 is 0 Å². The van der Waals surface area contributed by atoms with E-state index in [2.05, 4.69) is 11.1 Å². The second-order valence-electron chi connectivity index (χ2n) is 4.90. The van der Waals surface area contributed by atoms with Gasteiger partial charge in [-0.25, -0.2) is 18.5 Å². The van der Waals surface area contributed by atoms with Gasteiger partial charge in [-0.2, -0.15) is 5.26 Å². The number of sulfonamides is 1. The lowest BCUT2D eigenvalue weighted by molar-refractivity contribution is 0.596. The highest BCUT2D eigenvalue weighted by Crippen LogP contribution is 2.36. The zero-order valence-electron chi connectivity index (χ0n) is 11.5. The number of pyridine rings is 1. The van der Waals surface area contributed by atoms with Crippen molar-refractivity contribution in [3.8, 4) is 6.07 Å². The average molecular weight is 335 g/mol. The fraction of sp³-hybridized carbons (Fsp3) is 0.231. The third-order valence-electron chi connectivity index (χ3n) is 3.55. The van der Waals surface area contributed by atoms with Crippen LogP contribution in [0.1, 0.15) is 16.0 Å². The Morgan fingerprint density at radius 3 is 2.91 bits per heavy atom. The van der Waals surface area contributed by atoms with Crippen molar-refractivity contribution in [2.75, 3.05) is 17.2 Å². The van der Waals surface area contributed by atoms with E-state index in [-0.39, 0.29) is 4.90 Å². The first kappa shape index (κ1) is 14.8. The molecule has 2 aromatic rings. The number of fused-ring (bicyclic) bond motifs is 1. The average Bonchev–Trinajstić information content (AvgIpc) is 2.80. The number of anilines is 2. The molecule has 7 nitrogen and oxygen atoms in total. The van der Waals surface area contributed by atoms with Gasteiger partial charge < -0.3 is 10.6 Å². The molecule has 0 spiro atoms. The number of primary sulfonamides is 1. The van der Waals surface area contributed by atoms with Gasteiger partial charge in [-0.05, 0) is 24.1 Å². The molecule has 22 heavy (non-hydrogen) atoms. The molecule has 3 rings (SSSR count). The standard InChI is InChI=1S/C13H13N5O2S2/c14-6-9-8-3-5-18(7-10(8)21-12(9)15)13-11(22(16,19)20)2-1-4-17-13/h1-2,4H,3,5,7,15H2,(H2,16,19,20). The van der Waals surface area contributed by atoms with Crippen LogP contribution in [0.5, 0.6) is 0 Å². The predicted octanol–water partition coefficient (Wildman–Crippen LogP) is 0.807. The molecule has 3 heterocycles. The summed E-state index contributed by atoms with van der Waals surface area (Å²) in [6.45, 7) is 1.02. The van der Waals surface area contributed by atoms with Crippen molar-refractivity contribution < 1.29 is 8.42 Å². The molecule has 0 aromatic carbocycles. The van der Waals surface area contributed by atoms with Crippen molar-refractivity contribution in [2.45, 2.75) is 17.9 Å². The van der Waals surface area contributed by atoms with Crippen molar-refractivity contribution in [2.24, 2.45) is 5.14 Å². The van der Waals surface area contributed by atoms with E-state index in [0.717, 1.165) is 10.4 Å². The number of hydrogen-bond donors (Lipinski definition) is 2. The smallest absolute Gasteiger partial charge is 0.241 e. The van der Waals surface area contributed by atoms with Crippen LogP contribution in [0.2, 0.25) is 0 Å². The van der Waals surface area contributed by atoms with Crippen molar-refractivity contribution in [1.82, 2.24) is 4.98 Å².